The van der Waals surface area contributed by atoms with Gasteiger partial charge in [0.15, 0.2) is 23.0 Å². The number of halogens is 3. The topological polar surface area (TPSA) is 118 Å². The summed E-state index contributed by atoms with van der Waals surface area (Å²) in [5, 5.41) is 0. The summed E-state index contributed by atoms with van der Waals surface area (Å²) in [6.07, 6.45) is -1.54. The average molecular weight is 838 g/mol. The Morgan fingerprint density at radius 2 is 1.54 bits per heavy atom. The first-order valence-corrected chi connectivity index (χ1v) is 19.6. The molecule has 15 heteroatoms. The number of hydrogen-bond donors (Lipinski definition) is 0. The second kappa shape index (κ2) is 14.4. The first kappa shape index (κ1) is 38.0. The normalized spacial score (nSPS) is 23.5. The van der Waals surface area contributed by atoms with Crippen LogP contribution in [0.5, 0.6) is 28.7 Å². The van der Waals surface area contributed by atoms with E-state index < -0.39 is 46.4 Å². The van der Waals surface area contributed by atoms with E-state index >= 15 is 4.79 Å². The van der Waals surface area contributed by atoms with Gasteiger partial charge in [0.25, 0.3) is 0 Å². The van der Waals surface area contributed by atoms with Crippen LogP contribution in [0.1, 0.15) is 62.7 Å². The second-order valence-electron chi connectivity index (χ2n) is 14.6. The molecule has 2 saturated heterocycles. The third kappa shape index (κ3) is 6.10. The van der Waals surface area contributed by atoms with Crippen molar-refractivity contribution in [3.8, 4) is 28.7 Å². The van der Waals surface area contributed by atoms with Crippen LogP contribution in [-0.2, 0) is 38.6 Å². The van der Waals surface area contributed by atoms with Crippen LogP contribution in [0.2, 0.25) is 0 Å². The first-order chi connectivity index (χ1) is 27.5. The van der Waals surface area contributed by atoms with Gasteiger partial charge in [-0.15, -0.1) is 0 Å². The lowest BCUT2D eigenvalue weighted by atomic mass is 9.73. The van der Waals surface area contributed by atoms with Gasteiger partial charge in [-0.3, -0.25) is 14.6 Å². The van der Waals surface area contributed by atoms with Gasteiger partial charge in [-0.2, -0.15) is 0 Å². The van der Waals surface area contributed by atoms with E-state index in [9.17, 15) is 4.79 Å². The number of rotatable bonds is 10. The number of carbonyl (C=O) groups excluding carboxylic acids is 2. The summed E-state index contributed by atoms with van der Waals surface area (Å²) < 4.78 is 48.2. The molecular formula is C42H39Cl3N2O10. The number of alkyl halides is 3. The molecule has 2 fully saturated rings. The zero-order valence-corrected chi connectivity index (χ0v) is 33.8. The van der Waals surface area contributed by atoms with Crippen molar-refractivity contribution >= 4 is 46.8 Å². The summed E-state index contributed by atoms with van der Waals surface area (Å²) in [5.41, 5.74) is 4.61. The number of aryl methyl sites for hydroxylation is 1. The molecule has 9 rings (SSSR count). The molecule has 5 atom stereocenters. The molecule has 2 bridgehead atoms. The number of piperazine rings is 1. The Labute approximate surface area is 344 Å². The van der Waals surface area contributed by atoms with E-state index in [-0.39, 0.29) is 38.9 Å². The van der Waals surface area contributed by atoms with Crippen molar-refractivity contribution in [2.24, 2.45) is 0 Å². The molecule has 5 aliphatic heterocycles. The third-order valence-corrected chi connectivity index (χ3v) is 11.7. The monoisotopic (exact) mass is 836 g/mol. The Morgan fingerprint density at radius 3 is 2.21 bits per heavy atom. The molecule has 57 heavy (non-hydrogen) atoms. The third-order valence-electron chi connectivity index (χ3n) is 11.3. The van der Waals surface area contributed by atoms with Gasteiger partial charge in [-0.1, -0.05) is 102 Å². The molecule has 0 unspecified atom stereocenters. The lowest BCUT2D eigenvalue weighted by Gasteiger charge is -2.56. The van der Waals surface area contributed by atoms with Gasteiger partial charge in [-0.05, 0) is 36.1 Å². The fourth-order valence-corrected chi connectivity index (χ4v) is 9.28. The van der Waals surface area contributed by atoms with Crippen LogP contribution >= 0.6 is 34.8 Å². The minimum atomic E-state index is -1.91. The Hall–Kier alpha value is -4.59. The molecule has 5 aliphatic rings. The molecule has 0 aromatic heterocycles. The maximum Gasteiger partial charge on any atom is 0.411 e. The van der Waals surface area contributed by atoms with Crippen LogP contribution in [-0.4, -0.2) is 71.6 Å². The van der Waals surface area contributed by atoms with E-state index in [1.165, 1.54) is 4.90 Å². The van der Waals surface area contributed by atoms with Gasteiger partial charge < -0.3 is 37.9 Å². The molecule has 4 aromatic carbocycles. The summed E-state index contributed by atoms with van der Waals surface area (Å²) in [5.74, 6) is 2.04. The fraction of sp³-hybridized carbons (Fsp3) is 0.381. The fourth-order valence-electron chi connectivity index (χ4n) is 9.12. The highest BCUT2D eigenvalue weighted by Gasteiger charge is 2.79. The van der Waals surface area contributed by atoms with Gasteiger partial charge in [0.05, 0.1) is 33.5 Å². The minimum Gasteiger partial charge on any atom is -0.496 e. The maximum absolute atomic E-state index is 15.4. The second-order valence-corrected chi connectivity index (χ2v) is 17.1. The molecule has 1 spiro atoms. The highest BCUT2D eigenvalue weighted by molar-refractivity contribution is 6.67. The summed E-state index contributed by atoms with van der Waals surface area (Å²) in [6.45, 7) is 3.74. The van der Waals surface area contributed by atoms with E-state index in [0.29, 0.717) is 51.0 Å². The number of benzene rings is 4. The highest BCUT2D eigenvalue weighted by atomic mass is 35.6. The zero-order chi connectivity index (χ0) is 39.8. The number of methoxy groups -OCH3 is 2. The Kier molecular flexibility index (Phi) is 9.56. The van der Waals surface area contributed by atoms with E-state index in [1.54, 1.807) is 19.1 Å². The molecule has 0 aliphatic carbocycles. The lowest BCUT2D eigenvalue weighted by Crippen LogP contribution is -2.70. The molecule has 2 amide bonds. The number of carbonyl (C=O) groups is 2. The molecule has 12 nitrogen and oxygen atoms in total. The number of amides is 2. The van der Waals surface area contributed by atoms with Crippen molar-refractivity contribution in [1.29, 1.82) is 0 Å². The maximum atomic E-state index is 15.4. The molecule has 4 aromatic rings. The Balaban J connectivity index is 1.25. The van der Waals surface area contributed by atoms with Gasteiger partial charge in [0.1, 0.15) is 37.2 Å². The number of epoxide rings is 1. The predicted octanol–water partition coefficient (Wildman–Crippen LogP) is 7.98. The van der Waals surface area contributed by atoms with Crippen LogP contribution in [0.3, 0.4) is 0 Å². The van der Waals surface area contributed by atoms with Gasteiger partial charge in [0, 0.05) is 28.7 Å². The molecule has 0 radical (unpaired) electrons. The van der Waals surface area contributed by atoms with Crippen LogP contribution in [0.25, 0.3) is 0 Å². The largest absolute Gasteiger partial charge is 0.496 e. The van der Waals surface area contributed by atoms with Gasteiger partial charge >= 0.3 is 6.09 Å². The first-order valence-electron chi connectivity index (χ1n) is 18.5. The SMILES string of the molecule is COc1c(C)cc2c(c1OCc1ccccc1)[C@H]1N(C(=O)OCC(Cl)(Cl)Cl)[C@@H](C2)C(=O)N2[C@@H](COCc3ccccc3)c3c4c(c(C)c(OC)c3[C@@H]3O[C@]312)OCO4. The van der Waals surface area contributed by atoms with Crippen LogP contribution in [0.15, 0.2) is 66.7 Å². The summed E-state index contributed by atoms with van der Waals surface area (Å²) in [6, 6.07) is 18.6. The van der Waals surface area contributed by atoms with Crippen molar-refractivity contribution in [2.45, 2.75) is 67.2 Å². The lowest BCUT2D eigenvalue weighted by molar-refractivity contribution is -0.171. The van der Waals surface area contributed by atoms with Crippen LogP contribution in [0, 0.1) is 13.8 Å². The highest BCUT2D eigenvalue weighted by Crippen LogP contribution is 2.73. The quantitative estimate of drug-likeness (QED) is 0.115. The van der Waals surface area contributed by atoms with E-state index in [0.717, 1.165) is 22.3 Å². The summed E-state index contributed by atoms with van der Waals surface area (Å²) in [7, 11) is 3.15. The molecule has 298 valence electrons. The van der Waals surface area contributed by atoms with Crippen molar-refractivity contribution in [2.75, 3.05) is 34.2 Å². The van der Waals surface area contributed by atoms with E-state index in [2.05, 4.69) is 0 Å². The number of nitrogens with zero attached hydrogens (tertiary/aromatic N) is 2. The van der Waals surface area contributed by atoms with Gasteiger partial charge in [0.2, 0.25) is 22.2 Å². The Morgan fingerprint density at radius 1 is 0.877 bits per heavy atom. The zero-order valence-electron chi connectivity index (χ0n) is 31.5. The smallest absolute Gasteiger partial charge is 0.411 e. The molecule has 5 heterocycles. The van der Waals surface area contributed by atoms with Gasteiger partial charge in [-0.25, -0.2) is 4.79 Å². The van der Waals surface area contributed by atoms with E-state index in [4.69, 9.17) is 72.7 Å². The molecule has 0 saturated carbocycles. The van der Waals surface area contributed by atoms with Crippen molar-refractivity contribution in [3.63, 3.8) is 0 Å². The number of hydrogen-bond acceptors (Lipinski definition) is 10. The summed E-state index contributed by atoms with van der Waals surface area (Å²) >= 11 is 18.3. The van der Waals surface area contributed by atoms with Crippen LogP contribution in [0.4, 0.5) is 4.79 Å². The molecular weight excluding hydrogens is 799 g/mol. The van der Waals surface area contributed by atoms with Crippen molar-refractivity contribution < 1.29 is 47.5 Å². The van der Waals surface area contributed by atoms with Crippen molar-refractivity contribution in [1.82, 2.24) is 9.80 Å². The number of fused-ring (bicyclic) bond motifs is 8. The average Bonchev–Trinajstić information content (AvgIpc) is 3.74. The van der Waals surface area contributed by atoms with Crippen molar-refractivity contribution in [3.05, 3.63) is 111 Å². The minimum absolute atomic E-state index is 0.0132. The Bertz CT molecular complexity index is 2250. The summed E-state index contributed by atoms with van der Waals surface area (Å²) in [4.78, 5) is 33.0. The molecule has 0 N–H and O–H groups in total. The van der Waals surface area contributed by atoms with Crippen LogP contribution < -0.4 is 23.7 Å². The predicted molar refractivity (Wildman–Crippen MR) is 208 cm³/mol. The van der Waals surface area contributed by atoms with E-state index in [1.807, 2.05) is 80.6 Å². The number of ether oxygens (including phenoxy) is 8. The standard InChI is InChI=1S/C42H39Cl3N2O10/c1-22-15-26-16-27-39(48)47-28(19-52-17-24-11-7-5-8-12-24)30-31(33(51-4)23(2)34-36(30)56-21-55-34)38-42(47,57-38)37(46(27)40(49)54-20-41(43,44)45)29(26)35(32(22)50-3)53-18-25-13-9-6-10-14-25/h5-15,27-28,37-38H,16-21H2,1-4H3/t27-,28-,37+,38-,42-/m0/s1.